The highest BCUT2D eigenvalue weighted by molar-refractivity contribution is 6.30. The summed E-state index contributed by atoms with van der Waals surface area (Å²) < 4.78 is 2.32. The van der Waals surface area contributed by atoms with Gasteiger partial charge in [0.2, 0.25) is 0 Å². The molecule has 0 N–H and O–H groups in total. The summed E-state index contributed by atoms with van der Waals surface area (Å²) in [6.07, 6.45) is 6.72. The van der Waals surface area contributed by atoms with Crippen LogP contribution < -0.4 is 0 Å². The molecule has 0 bridgehead atoms. The number of rotatable bonds is 5. The van der Waals surface area contributed by atoms with Gasteiger partial charge in [-0.1, -0.05) is 26.2 Å². The Morgan fingerprint density at radius 2 is 1.85 bits per heavy atom. The van der Waals surface area contributed by atoms with Gasteiger partial charge in [-0.05, 0) is 44.6 Å². The molecule has 20 heavy (non-hydrogen) atoms. The van der Waals surface area contributed by atoms with Gasteiger partial charge >= 0.3 is 0 Å². The summed E-state index contributed by atoms with van der Waals surface area (Å²) in [5.41, 5.74) is 3.08. The first-order valence-electron chi connectivity index (χ1n) is 7.82. The first kappa shape index (κ1) is 15.6. The molecule has 3 heteroatoms. The predicted octanol–water partition coefficient (Wildman–Crippen LogP) is 4.74. The number of ketones is 1. The van der Waals surface area contributed by atoms with Crippen molar-refractivity contribution in [1.82, 2.24) is 4.57 Å². The molecule has 112 valence electrons. The fraction of sp³-hybridized carbons (Fsp3) is 0.706. The van der Waals surface area contributed by atoms with E-state index in [2.05, 4.69) is 18.4 Å². The minimum absolute atomic E-state index is 0.0423. The fourth-order valence-corrected chi connectivity index (χ4v) is 3.66. The number of Topliss-reactive ketones (excluding diaryl/α,β-unsaturated/α-hetero) is 1. The molecule has 1 aromatic rings. The van der Waals surface area contributed by atoms with E-state index in [0.717, 1.165) is 29.6 Å². The van der Waals surface area contributed by atoms with Crippen molar-refractivity contribution in [3.05, 3.63) is 23.0 Å². The lowest BCUT2D eigenvalue weighted by Crippen LogP contribution is -2.20. The zero-order valence-corrected chi connectivity index (χ0v) is 13.7. The average molecular weight is 296 g/mol. The number of nitrogens with zero attached hydrogens (tertiary/aromatic N) is 1. The number of hydrogen-bond donors (Lipinski definition) is 0. The molecule has 0 aliphatic heterocycles. The Morgan fingerprint density at radius 3 is 2.40 bits per heavy atom. The maximum atomic E-state index is 11.8. The molecule has 1 aliphatic carbocycles. The molecule has 0 atom stereocenters. The Morgan fingerprint density at radius 1 is 1.25 bits per heavy atom. The van der Waals surface area contributed by atoms with Gasteiger partial charge in [-0.2, -0.15) is 0 Å². The first-order chi connectivity index (χ1) is 9.56. The monoisotopic (exact) mass is 295 g/mol. The molecule has 0 aromatic carbocycles. The molecule has 1 heterocycles. The summed E-state index contributed by atoms with van der Waals surface area (Å²) in [5.74, 6) is 1.82. The number of carbonyl (C=O) groups is 1. The molecule has 2 nitrogen and oxygen atoms in total. The second-order valence-electron chi connectivity index (χ2n) is 6.25. The summed E-state index contributed by atoms with van der Waals surface area (Å²) in [5, 5.41) is 0. The van der Waals surface area contributed by atoms with Crippen LogP contribution in [0.4, 0.5) is 0 Å². The highest BCUT2D eigenvalue weighted by Crippen LogP contribution is 2.32. The largest absolute Gasteiger partial charge is 0.348 e. The van der Waals surface area contributed by atoms with Crippen molar-refractivity contribution in [2.75, 3.05) is 5.88 Å². The van der Waals surface area contributed by atoms with Crippen molar-refractivity contribution in [1.29, 1.82) is 0 Å². The Labute approximate surface area is 127 Å². The topological polar surface area (TPSA) is 22.0 Å². The van der Waals surface area contributed by atoms with E-state index >= 15 is 0 Å². The Kier molecular flexibility index (Phi) is 5.31. The van der Waals surface area contributed by atoms with Gasteiger partial charge in [0.05, 0.1) is 5.88 Å². The average Bonchev–Trinajstić information content (AvgIpc) is 2.75. The van der Waals surface area contributed by atoms with E-state index in [9.17, 15) is 4.79 Å². The quantitative estimate of drug-likeness (QED) is 0.568. The van der Waals surface area contributed by atoms with Crippen molar-refractivity contribution in [3.8, 4) is 0 Å². The van der Waals surface area contributed by atoms with Crippen molar-refractivity contribution >= 4 is 17.4 Å². The number of halogens is 1. The first-order valence-corrected chi connectivity index (χ1v) is 8.36. The third-order valence-corrected chi connectivity index (χ3v) is 5.22. The zero-order valence-electron chi connectivity index (χ0n) is 12.9. The van der Waals surface area contributed by atoms with E-state index in [-0.39, 0.29) is 11.7 Å². The molecule has 1 aliphatic rings. The molecule has 0 saturated heterocycles. The molecule has 0 unspecified atom stereocenters. The van der Waals surface area contributed by atoms with Gasteiger partial charge in [-0.15, -0.1) is 11.6 Å². The number of aryl methyl sites for hydroxylation is 1. The third kappa shape index (κ3) is 3.28. The molecule has 0 amide bonds. The lowest BCUT2D eigenvalue weighted by Gasteiger charge is -2.29. The van der Waals surface area contributed by atoms with E-state index in [0.29, 0.717) is 0 Å². The Bertz CT molecular complexity index is 470. The van der Waals surface area contributed by atoms with Gasteiger partial charge in [0.25, 0.3) is 0 Å². The molecule has 0 spiro atoms. The lowest BCUT2D eigenvalue weighted by atomic mass is 9.81. The van der Waals surface area contributed by atoms with Crippen LogP contribution in [0.25, 0.3) is 0 Å². The lowest BCUT2D eigenvalue weighted by molar-refractivity contribution is 0.102. The van der Waals surface area contributed by atoms with Crippen LogP contribution in [0.1, 0.15) is 60.8 Å². The van der Waals surface area contributed by atoms with Crippen LogP contribution in [0.2, 0.25) is 0 Å². The third-order valence-electron chi connectivity index (χ3n) is 4.98. The van der Waals surface area contributed by atoms with E-state index in [1.807, 2.05) is 13.0 Å². The van der Waals surface area contributed by atoms with Crippen molar-refractivity contribution in [2.24, 2.45) is 11.8 Å². The van der Waals surface area contributed by atoms with Crippen LogP contribution in [0, 0.1) is 25.7 Å². The molecule has 1 aromatic heterocycles. The number of alkyl halides is 1. The predicted molar refractivity (Wildman–Crippen MR) is 84.7 cm³/mol. The zero-order chi connectivity index (χ0) is 14.7. The van der Waals surface area contributed by atoms with Crippen LogP contribution in [-0.4, -0.2) is 16.2 Å². The maximum absolute atomic E-state index is 11.8. The fourth-order valence-electron chi connectivity index (χ4n) is 3.52. The Hall–Kier alpha value is -0.760. The van der Waals surface area contributed by atoms with Crippen LogP contribution in [-0.2, 0) is 6.54 Å². The second kappa shape index (κ2) is 6.80. The summed E-state index contributed by atoms with van der Waals surface area (Å²) in [6, 6.07) is 2.00. The van der Waals surface area contributed by atoms with Crippen LogP contribution in [0.3, 0.4) is 0 Å². The molecule has 2 rings (SSSR count). The van der Waals surface area contributed by atoms with E-state index < -0.39 is 0 Å². The molecular weight excluding hydrogens is 270 g/mol. The van der Waals surface area contributed by atoms with Crippen LogP contribution >= 0.6 is 11.6 Å². The molecular formula is C17H26ClNO. The summed E-state index contributed by atoms with van der Waals surface area (Å²) >= 11 is 5.69. The van der Waals surface area contributed by atoms with Crippen molar-refractivity contribution < 1.29 is 4.79 Å². The van der Waals surface area contributed by atoms with E-state index in [1.54, 1.807) is 0 Å². The van der Waals surface area contributed by atoms with Gasteiger partial charge in [-0.3, -0.25) is 4.79 Å². The summed E-state index contributed by atoms with van der Waals surface area (Å²) in [6.45, 7) is 7.50. The highest BCUT2D eigenvalue weighted by atomic mass is 35.5. The smallest absolute Gasteiger partial charge is 0.179 e. The highest BCUT2D eigenvalue weighted by Gasteiger charge is 2.22. The normalized spacial score (nSPS) is 23.0. The van der Waals surface area contributed by atoms with Gasteiger partial charge in [0.1, 0.15) is 0 Å². The number of aromatic nitrogens is 1. The van der Waals surface area contributed by atoms with E-state index in [1.165, 1.54) is 37.8 Å². The number of carbonyl (C=O) groups excluding carboxylic acids is 1. The van der Waals surface area contributed by atoms with Gasteiger partial charge in [0, 0.05) is 23.5 Å². The number of hydrogen-bond acceptors (Lipinski definition) is 1. The van der Waals surface area contributed by atoms with Crippen molar-refractivity contribution in [2.45, 2.75) is 59.4 Å². The Balaban J connectivity index is 2.07. The minimum Gasteiger partial charge on any atom is -0.348 e. The summed E-state index contributed by atoms with van der Waals surface area (Å²) in [4.78, 5) is 11.8. The molecule has 0 radical (unpaired) electrons. The second-order valence-corrected chi connectivity index (χ2v) is 6.51. The van der Waals surface area contributed by atoms with Crippen molar-refractivity contribution in [3.63, 3.8) is 0 Å². The van der Waals surface area contributed by atoms with Gasteiger partial charge in [-0.25, -0.2) is 0 Å². The van der Waals surface area contributed by atoms with E-state index in [4.69, 9.17) is 11.6 Å². The summed E-state index contributed by atoms with van der Waals surface area (Å²) in [7, 11) is 0. The standard InChI is InChI=1S/C17H26ClNO/c1-4-14-5-7-15(8-6-14)11-19-12(2)9-16(13(19)3)17(20)10-18/h9,14-15H,4-8,10-11H2,1-3H3. The van der Waals surface area contributed by atoms with Crippen LogP contribution in [0.15, 0.2) is 6.07 Å². The maximum Gasteiger partial charge on any atom is 0.179 e. The molecule has 1 fully saturated rings. The SMILES string of the molecule is CCC1CCC(Cn2c(C)cc(C(=O)CCl)c2C)CC1. The van der Waals surface area contributed by atoms with Gasteiger partial charge in [0.15, 0.2) is 5.78 Å². The van der Waals surface area contributed by atoms with Gasteiger partial charge < -0.3 is 4.57 Å². The minimum atomic E-state index is 0.0423. The van der Waals surface area contributed by atoms with Crippen LogP contribution in [0.5, 0.6) is 0 Å². The molecule has 1 saturated carbocycles.